The van der Waals surface area contributed by atoms with Crippen molar-refractivity contribution in [1.29, 1.82) is 0 Å². The Labute approximate surface area is 144 Å². The molecule has 1 saturated heterocycles. The van der Waals surface area contributed by atoms with Gasteiger partial charge in [0.2, 0.25) is 0 Å². The van der Waals surface area contributed by atoms with Crippen LogP contribution in [0.4, 0.5) is 8.78 Å². The van der Waals surface area contributed by atoms with E-state index in [-0.39, 0.29) is 17.0 Å². The quantitative estimate of drug-likeness (QED) is 0.790. The molecule has 1 aromatic carbocycles. The molecule has 0 bridgehead atoms. The van der Waals surface area contributed by atoms with Crippen LogP contribution in [0.25, 0.3) is 5.69 Å². The van der Waals surface area contributed by atoms with E-state index in [1.807, 2.05) is 27.7 Å². The van der Waals surface area contributed by atoms with Gasteiger partial charge in [0.05, 0.1) is 16.9 Å². The first-order valence-corrected chi connectivity index (χ1v) is 7.95. The van der Waals surface area contributed by atoms with Crippen LogP contribution in [0.5, 0.6) is 0 Å². The zero-order valence-corrected chi connectivity index (χ0v) is 14.8. The minimum atomic E-state index is -0.987. The van der Waals surface area contributed by atoms with Crippen molar-refractivity contribution in [2.75, 3.05) is 0 Å². The van der Waals surface area contributed by atoms with Crippen LogP contribution in [0.2, 0.25) is 0 Å². The van der Waals surface area contributed by atoms with Crippen LogP contribution in [0.15, 0.2) is 23.0 Å². The van der Waals surface area contributed by atoms with Crippen molar-refractivity contribution in [1.82, 2.24) is 14.3 Å². The van der Waals surface area contributed by atoms with Crippen molar-refractivity contribution in [2.24, 2.45) is 0 Å². The van der Waals surface area contributed by atoms with E-state index in [1.165, 1.54) is 19.1 Å². The first kappa shape index (κ1) is 17.8. The second kappa shape index (κ2) is 5.77. The average molecular weight is 351 g/mol. The third kappa shape index (κ3) is 2.81. The molecule has 1 aliphatic heterocycles. The van der Waals surface area contributed by atoms with Crippen molar-refractivity contribution in [3.05, 3.63) is 40.3 Å². The molecule has 0 aliphatic carbocycles. The molecule has 0 amide bonds. The highest BCUT2D eigenvalue weighted by atomic mass is 19.1. The van der Waals surface area contributed by atoms with Gasteiger partial charge in [0.25, 0.3) is 0 Å². The smallest absolute Gasteiger partial charge is 0.399 e. The molecule has 3 rings (SSSR count). The van der Waals surface area contributed by atoms with Gasteiger partial charge in [-0.3, -0.25) is 0 Å². The molecule has 0 N–H and O–H groups in total. The van der Waals surface area contributed by atoms with E-state index < -0.39 is 36.6 Å². The molecular weight excluding hydrogens is 331 g/mol. The Kier molecular flexibility index (Phi) is 4.11. The van der Waals surface area contributed by atoms with E-state index in [9.17, 15) is 13.6 Å². The van der Waals surface area contributed by atoms with E-state index in [4.69, 9.17) is 9.31 Å². The summed E-state index contributed by atoms with van der Waals surface area (Å²) in [6.07, 6.45) is 0. The third-order valence-electron chi connectivity index (χ3n) is 4.90. The van der Waals surface area contributed by atoms with E-state index >= 15 is 0 Å². The summed E-state index contributed by atoms with van der Waals surface area (Å²) >= 11 is 0. The first-order valence-electron chi connectivity index (χ1n) is 7.95. The zero-order chi connectivity index (χ0) is 18.6. The first-order chi connectivity index (χ1) is 11.6. The Bertz CT molecular complexity index is 860. The van der Waals surface area contributed by atoms with Crippen LogP contribution in [-0.4, -0.2) is 32.7 Å². The van der Waals surface area contributed by atoms with Crippen molar-refractivity contribution >= 4 is 12.6 Å². The molecule has 0 atom stereocenters. The predicted octanol–water partition coefficient (Wildman–Crippen LogP) is 1.71. The van der Waals surface area contributed by atoms with Gasteiger partial charge in [-0.1, -0.05) is 6.07 Å². The van der Waals surface area contributed by atoms with Gasteiger partial charge in [0.15, 0.2) is 6.80 Å². The van der Waals surface area contributed by atoms with Crippen LogP contribution >= 0.6 is 0 Å². The number of hydrogen-bond donors (Lipinski definition) is 0. The number of aryl methyl sites for hydroxylation is 1. The number of hydrogen-bond acceptors (Lipinski definition) is 4. The van der Waals surface area contributed by atoms with E-state index in [2.05, 4.69) is 5.10 Å². The SMILES string of the molecule is Cc1nn(-c2ccc(B3OC(C)(C)C(C)(C)O3)c(F)c2)c(=O)n1CF. The molecule has 1 aromatic heterocycles. The van der Waals surface area contributed by atoms with Gasteiger partial charge in [-0.2, -0.15) is 9.78 Å². The van der Waals surface area contributed by atoms with Gasteiger partial charge in [-0.15, -0.1) is 0 Å². The van der Waals surface area contributed by atoms with Crippen LogP contribution in [0, 0.1) is 12.7 Å². The van der Waals surface area contributed by atoms with Gasteiger partial charge in [0.1, 0.15) is 11.6 Å². The zero-order valence-electron chi connectivity index (χ0n) is 14.8. The summed E-state index contributed by atoms with van der Waals surface area (Å²) in [7, 11) is -0.846. The maximum Gasteiger partial charge on any atom is 0.497 e. The largest absolute Gasteiger partial charge is 0.497 e. The minimum Gasteiger partial charge on any atom is -0.399 e. The Balaban J connectivity index is 1.97. The molecule has 6 nitrogen and oxygen atoms in total. The maximum absolute atomic E-state index is 14.6. The van der Waals surface area contributed by atoms with Crippen molar-refractivity contribution < 1.29 is 18.1 Å². The van der Waals surface area contributed by atoms with Crippen LogP contribution < -0.4 is 11.2 Å². The fraction of sp³-hybridized carbons (Fsp3) is 0.500. The molecule has 25 heavy (non-hydrogen) atoms. The van der Waals surface area contributed by atoms with Crippen LogP contribution in [0.1, 0.15) is 33.5 Å². The summed E-state index contributed by atoms with van der Waals surface area (Å²) in [6.45, 7) is 8.04. The summed E-state index contributed by atoms with van der Waals surface area (Å²) in [4.78, 5) is 12.1. The second-order valence-corrected chi connectivity index (χ2v) is 7.08. The summed E-state index contributed by atoms with van der Waals surface area (Å²) < 4.78 is 41.0. The van der Waals surface area contributed by atoms with Gasteiger partial charge in [-0.05, 0) is 46.8 Å². The highest BCUT2D eigenvalue weighted by molar-refractivity contribution is 6.62. The molecule has 134 valence electrons. The van der Waals surface area contributed by atoms with E-state index in [0.29, 0.717) is 0 Å². The Morgan fingerprint density at radius 3 is 2.28 bits per heavy atom. The number of nitrogens with zero attached hydrogens (tertiary/aromatic N) is 3. The van der Waals surface area contributed by atoms with Crippen molar-refractivity contribution in [3.63, 3.8) is 0 Å². The number of benzene rings is 1. The Morgan fingerprint density at radius 1 is 1.20 bits per heavy atom. The molecule has 0 spiro atoms. The fourth-order valence-electron chi connectivity index (χ4n) is 2.61. The van der Waals surface area contributed by atoms with E-state index in [0.717, 1.165) is 15.3 Å². The normalized spacial score (nSPS) is 18.8. The molecule has 2 aromatic rings. The second-order valence-electron chi connectivity index (χ2n) is 7.08. The van der Waals surface area contributed by atoms with Gasteiger partial charge in [0, 0.05) is 5.46 Å². The third-order valence-corrected chi connectivity index (χ3v) is 4.90. The average Bonchev–Trinajstić information content (AvgIpc) is 2.91. The summed E-state index contributed by atoms with van der Waals surface area (Å²) in [5.41, 5.74) is -1.40. The number of aromatic nitrogens is 3. The molecule has 0 unspecified atom stereocenters. The fourth-order valence-corrected chi connectivity index (χ4v) is 2.61. The van der Waals surface area contributed by atoms with Gasteiger partial charge >= 0.3 is 12.8 Å². The predicted molar refractivity (Wildman–Crippen MR) is 89.3 cm³/mol. The summed E-state index contributed by atoms with van der Waals surface area (Å²) in [6, 6.07) is 4.18. The highest BCUT2D eigenvalue weighted by Crippen LogP contribution is 2.36. The van der Waals surface area contributed by atoms with Gasteiger partial charge < -0.3 is 9.31 Å². The highest BCUT2D eigenvalue weighted by Gasteiger charge is 2.52. The lowest BCUT2D eigenvalue weighted by molar-refractivity contribution is 0.00578. The molecular formula is C16H20BF2N3O3. The summed E-state index contributed by atoms with van der Waals surface area (Å²) in [5.74, 6) is -0.377. The standard InChI is InChI=1S/C16H20BF2N3O3/c1-10-20-22(14(23)21(10)9-18)11-6-7-12(13(19)8-11)17-24-15(2,3)16(4,5)25-17/h6-8H,9H2,1-5H3. The van der Waals surface area contributed by atoms with Crippen molar-refractivity contribution in [2.45, 2.75) is 52.6 Å². The lowest BCUT2D eigenvalue weighted by Gasteiger charge is -2.32. The molecule has 1 aliphatic rings. The Morgan fingerprint density at radius 2 is 1.80 bits per heavy atom. The summed E-state index contributed by atoms with van der Waals surface area (Å²) in [5, 5.41) is 3.96. The number of alkyl halides is 1. The number of rotatable bonds is 3. The Hall–Kier alpha value is -2.00. The minimum absolute atomic E-state index is 0.207. The topological polar surface area (TPSA) is 58.3 Å². The lowest BCUT2D eigenvalue weighted by atomic mass is 9.78. The molecule has 0 saturated carbocycles. The monoisotopic (exact) mass is 351 g/mol. The molecule has 2 heterocycles. The molecule has 9 heteroatoms. The molecule has 0 radical (unpaired) electrons. The number of halogens is 2. The van der Waals surface area contributed by atoms with Crippen LogP contribution in [-0.2, 0) is 16.1 Å². The molecule has 1 fully saturated rings. The maximum atomic E-state index is 14.6. The lowest BCUT2D eigenvalue weighted by Crippen LogP contribution is -2.41. The van der Waals surface area contributed by atoms with Gasteiger partial charge in [-0.25, -0.2) is 18.1 Å². The van der Waals surface area contributed by atoms with E-state index in [1.54, 1.807) is 0 Å². The van der Waals surface area contributed by atoms with Crippen LogP contribution in [0.3, 0.4) is 0 Å². The van der Waals surface area contributed by atoms with Crippen molar-refractivity contribution in [3.8, 4) is 5.69 Å².